The van der Waals surface area contributed by atoms with Crippen LogP contribution in [0.3, 0.4) is 0 Å². The number of aromatic nitrogens is 4. The molecule has 0 radical (unpaired) electrons. The molecule has 4 rings (SSSR count). The molecule has 32 heavy (non-hydrogen) atoms. The van der Waals surface area contributed by atoms with Crippen LogP contribution >= 0.6 is 11.8 Å². The number of aryl methyl sites for hydroxylation is 1. The fraction of sp³-hybridized carbons (Fsp3) is 0.160. The first-order valence-corrected chi connectivity index (χ1v) is 11.2. The summed E-state index contributed by atoms with van der Waals surface area (Å²) in [7, 11) is 0. The minimum Gasteiger partial charge on any atom is -0.355 e. The molecule has 1 N–H and O–H groups in total. The first kappa shape index (κ1) is 21.6. The SMILES string of the molecule is CC(=O)c1c(C)[nH]c(C(=O)CSc2nnc(-c3ccccc3)c(-c3ccccc3)n2)c1C. The highest BCUT2D eigenvalue weighted by atomic mass is 32.2. The molecule has 0 aliphatic rings. The fourth-order valence-electron chi connectivity index (χ4n) is 3.72. The molecule has 0 fully saturated rings. The van der Waals surface area contributed by atoms with E-state index in [1.165, 1.54) is 18.7 Å². The lowest BCUT2D eigenvalue weighted by Gasteiger charge is -2.09. The number of ketones is 2. The van der Waals surface area contributed by atoms with Crippen molar-refractivity contribution in [3.8, 4) is 22.5 Å². The van der Waals surface area contributed by atoms with E-state index in [1.54, 1.807) is 13.8 Å². The van der Waals surface area contributed by atoms with Gasteiger partial charge in [-0.3, -0.25) is 9.59 Å². The highest BCUT2D eigenvalue weighted by molar-refractivity contribution is 7.99. The van der Waals surface area contributed by atoms with E-state index in [-0.39, 0.29) is 17.3 Å². The van der Waals surface area contributed by atoms with Gasteiger partial charge < -0.3 is 4.98 Å². The second-order valence-electron chi connectivity index (χ2n) is 7.42. The van der Waals surface area contributed by atoms with Gasteiger partial charge in [-0.1, -0.05) is 72.4 Å². The van der Waals surface area contributed by atoms with Crippen molar-refractivity contribution in [2.24, 2.45) is 0 Å². The molecule has 0 unspecified atom stereocenters. The monoisotopic (exact) mass is 442 g/mol. The Bertz CT molecular complexity index is 1280. The largest absolute Gasteiger partial charge is 0.355 e. The number of benzene rings is 2. The van der Waals surface area contributed by atoms with E-state index in [4.69, 9.17) is 4.98 Å². The van der Waals surface area contributed by atoms with Crippen molar-refractivity contribution in [3.63, 3.8) is 0 Å². The Balaban J connectivity index is 1.62. The fourth-order valence-corrected chi connectivity index (χ4v) is 4.38. The number of nitrogens with zero attached hydrogens (tertiary/aromatic N) is 3. The number of hydrogen-bond donors (Lipinski definition) is 1. The van der Waals surface area contributed by atoms with Crippen LogP contribution in [0.15, 0.2) is 65.8 Å². The quantitative estimate of drug-likeness (QED) is 0.307. The highest BCUT2D eigenvalue weighted by Crippen LogP contribution is 2.30. The molecule has 2 aromatic heterocycles. The van der Waals surface area contributed by atoms with Crippen molar-refractivity contribution in [3.05, 3.63) is 83.2 Å². The predicted octanol–water partition coefficient (Wildman–Crippen LogP) is 5.33. The molecule has 0 aliphatic heterocycles. The van der Waals surface area contributed by atoms with E-state index >= 15 is 0 Å². The van der Waals surface area contributed by atoms with Gasteiger partial charge in [-0.15, -0.1) is 10.2 Å². The zero-order valence-electron chi connectivity index (χ0n) is 18.0. The van der Waals surface area contributed by atoms with Gasteiger partial charge in [0.1, 0.15) is 11.4 Å². The van der Waals surface area contributed by atoms with Crippen LogP contribution in [0.5, 0.6) is 0 Å². The summed E-state index contributed by atoms with van der Waals surface area (Å²) >= 11 is 1.23. The summed E-state index contributed by atoms with van der Waals surface area (Å²) in [5, 5.41) is 9.12. The van der Waals surface area contributed by atoms with Crippen LogP contribution in [0.25, 0.3) is 22.5 Å². The van der Waals surface area contributed by atoms with Gasteiger partial charge in [-0.2, -0.15) is 0 Å². The number of thioether (sulfide) groups is 1. The second-order valence-corrected chi connectivity index (χ2v) is 8.36. The van der Waals surface area contributed by atoms with Crippen molar-refractivity contribution < 1.29 is 9.59 Å². The molecule has 6 nitrogen and oxygen atoms in total. The van der Waals surface area contributed by atoms with Crippen LogP contribution in [0.4, 0.5) is 0 Å². The van der Waals surface area contributed by atoms with E-state index in [0.717, 1.165) is 11.1 Å². The Morgan fingerprint density at radius 2 is 1.47 bits per heavy atom. The van der Waals surface area contributed by atoms with Gasteiger partial charge in [0.25, 0.3) is 0 Å². The highest BCUT2D eigenvalue weighted by Gasteiger charge is 2.21. The molecule has 0 saturated heterocycles. The van der Waals surface area contributed by atoms with Crippen molar-refractivity contribution in [2.75, 3.05) is 5.75 Å². The third-order valence-electron chi connectivity index (χ3n) is 5.16. The molecule has 2 aromatic carbocycles. The molecule has 0 saturated carbocycles. The summed E-state index contributed by atoms with van der Waals surface area (Å²) in [5.74, 6) is -0.0294. The van der Waals surface area contributed by atoms with Gasteiger partial charge in [-0.05, 0) is 26.3 Å². The third-order valence-corrected chi connectivity index (χ3v) is 6.00. The standard InChI is InChI=1S/C25H22N4O2S/c1-15-21(17(3)30)16(2)26-22(15)20(31)14-32-25-27-23(18-10-6-4-7-11-18)24(28-29-25)19-12-8-5-9-13-19/h4-13,26H,14H2,1-3H3. The molecule has 0 bridgehead atoms. The molecule has 2 heterocycles. The number of nitrogens with one attached hydrogen (secondary N) is 1. The molecular weight excluding hydrogens is 420 g/mol. The number of hydrogen-bond acceptors (Lipinski definition) is 6. The predicted molar refractivity (Wildman–Crippen MR) is 126 cm³/mol. The number of Topliss-reactive ketones (excluding diaryl/α,β-unsaturated/α-hetero) is 2. The van der Waals surface area contributed by atoms with Gasteiger partial charge in [-0.25, -0.2) is 4.98 Å². The number of aromatic amines is 1. The van der Waals surface area contributed by atoms with E-state index in [0.29, 0.717) is 39.1 Å². The maximum absolute atomic E-state index is 12.8. The average molecular weight is 443 g/mol. The maximum Gasteiger partial charge on any atom is 0.210 e. The summed E-state index contributed by atoms with van der Waals surface area (Å²) in [4.78, 5) is 32.5. The molecule has 7 heteroatoms. The summed E-state index contributed by atoms with van der Waals surface area (Å²) in [5.41, 5.74) is 5.68. The summed E-state index contributed by atoms with van der Waals surface area (Å²) < 4.78 is 0. The maximum atomic E-state index is 12.8. The minimum atomic E-state index is -0.111. The van der Waals surface area contributed by atoms with Crippen LogP contribution in [0.2, 0.25) is 0 Å². The zero-order valence-corrected chi connectivity index (χ0v) is 18.9. The van der Waals surface area contributed by atoms with Crippen LogP contribution in [0.1, 0.15) is 39.0 Å². The lowest BCUT2D eigenvalue weighted by Crippen LogP contribution is -2.07. The van der Waals surface area contributed by atoms with Crippen molar-refractivity contribution in [2.45, 2.75) is 25.9 Å². The number of carbonyl (C=O) groups is 2. The smallest absolute Gasteiger partial charge is 0.210 e. The topological polar surface area (TPSA) is 88.6 Å². The Morgan fingerprint density at radius 1 is 0.875 bits per heavy atom. The van der Waals surface area contributed by atoms with Crippen molar-refractivity contribution in [1.29, 1.82) is 0 Å². The van der Waals surface area contributed by atoms with E-state index in [1.807, 2.05) is 60.7 Å². The second kappa shape index (κ2) is 9.28. The Kier molecular flexibility index (Phi) is 6.28. The van der Waals surface area contributed by atoms with Gasteiger partial charge in [0, 0.05) is 22.4 Å². The molecule has 0 amide bonds. The summed E-state index contributed by atoms with van der Waals surface area (Å²) in [6.45, 7) is 5.10. The van der Waals surface area contributed by atoms with Crippen LogP contribution in [-0.2, 0) is 0 Å². The zero-order chi connectivity index (χ0) is 22.7. The number of rotatable bonds is 7. The number of carbonyl (C=O) groups excluding carboxylic acids is 2. The van der Waals surface area contributed by atoms with Crippen molar-refractivity contribution in [1.82, 2.24) is 20.2 Å². The normalized spacial score (nSPS) is 10.8. The minimum absolute atomic E-state index is 0.0560. The molecule has 0 spiro atoms. The Morgan fingerprint density at radius 3 is 2.03 bits per heavy atom. The van der Waals surface area contributed by atoms with Gasteiger partial charge in [0.2, 0.25) is 5.16 Å². The molecule has 0 atom stereocenters. The van der Waals surface area contributed by atoms with Gasteiger partial charge >= 0.3 is 0 Å². The number of H-pyrrole nitrogens is 1. The van der Waals surface area contributed by atoms with Crippen LogP contribution < -0.4 is 0 Å². The first-order chi connectivity index (χ1) is 15.5. The van der Waals surface area contributed by atoms with Crippen LogP contribution in [-0.4, -0.2) is 37.5 Å². The molecule has 4 aromatic rings. The molecule has 160 valence electrons. The van der Waals surface area contributed by atoms with Gasteiger partial charge in [0.15, 0.2) is 11.6 Å². The van der Waals surface area contributed by atoms with Crippen molar-refractivity contribution >= 4 is 23.3 Å². The van der Waals surface area contributed by atoms with E-state index < -0.39 is 0 Å². The van der Waals surface area contributed by atoms with E-state index in [9.17, 15) is 9.59 Å². The summed E-state index contributed by atoms with van der Waals surface area (Å²) in [6.07, 6.45) is 0. The van der Waals surface area contributed by atoms with E-state index in [2.05, 4.69) is 15.2 Å². The average Bonchev–Trinajstić information content (AvgIpc) is 3.12. The molecule has 0 aliphatic carbocycles. The van der Waals surface area contributed by atoms with Gasteiger partial charge in [0.05, 0.1) is 11.4 Å². The lowest BCUT2D eigenvalue weighted by molar-refractivity contribution is 0.101. The Labute approximate surface area is 190 Å². The van der Waals surface area contributed by atoms with Crippen LogP contribution in [0, 0.1) is 13.8 Å². The first-order valence-electron chi connectivity index (χ1n) is 10.2. The molecular formula is C25H22N4O2S. The third kappa shape index (κ3) is 4.38. The lowest BCUT2D eigenvalue weighted by atomic mass is 10.0. The Hall–Kier alpha value is -3.58. The summed E-state index contributed by atoms with van der Waals surface area (Å²) in [6, 6.07) is 19.6.